The summed E-state index contributed by atoms with van der Waals surface area (Å²) in [6.45, 7) is 10.5. The van der Waals surface area contributed by atoms with Crippen molar-refractivity contribution in [2.24, 2.45) is 0 Å². The van der Waals surface area contributed by atoms with E-state index in [2.05, 4.69) is 32.9 Å². The third-order valence-corrected chi connectivity index (χ3v) is 17.2. The molecule has 1 radical (unpaired) electrons. The van der Waals surface area contributed by atoms with Crippen molar-refractivity contribution in [3.63, 3.8) is 0 Å². The predicted molar refractivity (Wildman–Crippen MR) is 107 cm³/mol. The molecule has 0 amide bonds. The van der Waals surface area contributed by atoms with E-state index in [0.717, 1.165) is 36.7 Å². The molecule has 133 valence electrons. The van der Waals surface area contributed by atoms with E-state index in [0.29, 0.717) is 14.7 Å². The molecule has 1 aromatic rings. The van der Waals surface area contributed by atoms with E-state index in [4.69, 9.17) is 21.4 Å². The van der Waals surface area contributed by atoms with Crippen LogP contribution < -0.4 is 0 Å². The van der Waals surface area contributed by atoms with Crippen molar-refractivity contribution >= 4 is 32.1 Å². The fourth-order valence-corrected chi connectivity index (χ4v) is 16.4. The van der Waals surface area contributed by atoms with Gasteiger partial charge in [0.05, 0.1) is 0 Å². The molecule has 0 aliphatic carbocycles. The zero-order valence-electron chi connectivity index (χ0n) is 14.9. The van der Waals surface area contributed by atoms with Crippen LogP contribution in [0, 0.1) is 0 Å². The van der Waals surface area contributed by atoms with Gasteiger partial charge in [0.1, 0.15) is 0 Å². The number of furan rings is 1. The molecule has 1 aliphatic heterocycles. The number of rotatable bonds is 11. The number of quaternary nitrogens is 1. The first-order valence-electron chi connectivity index (χ1n) is 8.75. The second-order valence-electron chi connectivity index (χ2n) is 6.01. The molecule has 0 saturated carbocycles. The predicted octanol–water partition coefficient (Wildman–Crippen LogP) is 4.53. The summed E-state index contributed by atoms with van der Waals surface area (Å²) in [6.07, 6.45) is 11.7. The van der Waals surface area contributed by atoms with Crippen molar-refractivity contribution in [3.05, 3.63) is 48.3 Å². The minimum atomic E-state index is -1.42. The first-order valence-corrected chi connectivity index (χ1v) is 14.9. The molecule has 2 heterocycles. The van der Waals surface area contributed by atoms with Crippen molar-refractivity contribution in [2.45, 2.75) is 33.6 Å². The van der Waals surface area contributed by atoms with Crippen LogP contribution in [0.5, 0.6) is 0 Å². The van der Waals surface area contributed by atoms with Gasteiger partial charge in [-0.15, -0.1) is 0 Å². The van der Waals surface area contributed by atoms with Gasteiger partial charge in [0.15, 0.2) is 0 Å². The summed E-state index contributed by atoms with van der Waals surface area (Å²) in [4.78, 5) is 0. The van der Waals surface area contributed by atoms with Crippen LogP contribution >= 0.6 is 5.15 Å². The van der Waals surface area contributed by atoms with Crippen molar-refractivity contribution in [2.75, 3.05) is 32.0 Å². The monoisotopic (exact) mass is 434 g/mol. The van der Waals surface area contributed by atoms with Gasteiger partial charge in [-0.3, -0.25) is 0 Å². The summed E-state index contributed by atoms with van der Waals surface area (Å²) in [5.41, 5.74) is 0. The van der Waals surface area contributed by atoms with Gasteiger partial charge in [-0.1, -0.05) is 0 Å². The van der Waals surface area contributed by atoms with Gasteiger partial charge in [0.2, 0.25) is 0 Å². The molecule has 0 fully saturated rings. The van der Waals surface area contributed by atoms with E-state index >= 15 is 0 Å². The van der Waals surface area contributed by atoms with E-state index in [1.807, 2.05) is 12.1 Å². The van der Waals surface area contributed by atoms with Gasteiger partial charge in [-0.25, -0.2) is 0 Å². The molecular formula is C18H29NO2PSSe+2. The summed E-state index contributed by atoms with van der Waals surface area (Å²) < 4.78 is 12.3. The van der Waals surface area contributed by atoms with Gasteiger partial charge >= 0.3 is 159 Å². The van der Waals surface area contributed by atoms with Gasteiger partial charge in [0.25, 0.3) is 0 Å². The van der Waals surface area contributed by atoms with Crippen molar-refractivity contribution < 1.29 is 12.7 Å². The average Bonchev–Trinajstić information content (AvgIpc) is 3.30. The summed E-state index contributed by atoms with van der Waals surface area (Å²) >= 11 is 6.79. The Labute approximate surface area is 158 Å². The van der Waals surface area contributed by atoms with E-state index in [1.165, 1.54) is 23.1 Å². The fourth-order valence-electron chi connectivity index (χ4n) is 2.82. The third-order valence-electron chi connectivity index (χ3n) is 4.61. The van der Waals surface area contributed by atoms with Gasteiger partial charge in [-0.05, 0) is 0 Å². The van der Waals surface area contributed by atoms with E-state index < -0.39 is 5.15 Å². The van der Waals surface area contributed by atoms with Crippen LogP contribution in [-0.2, 0) is 23.4 Å². The quantitative estimate of drug-likeness (QED) is 0.222. The molecular weight excluding hydrogens is 404 g/mol. The molecule has 0 spiro atoms. The zero-order chi connectivity index (χ0) is 17.5. The Balaban J connectivity index is 2.05. The molecule has 2 rings (SSSR count). The molecule has 0 aromatic carbocycles. The standard InChI is InChI=1S/C18H29NO2PSSe/c1-4-19(5-2,6-3)24-22(23,15-11-17-9-7-13-20-17)16-12-18-10-8-14-21-18/h7-10,13-14H,4-6,11-12,15-16H2,1-3H3/q+2. The van der Waals surface area contributed by atoms with E-state index in [-0.39, 0.29) is 0 Å². The summed E-state index contributed by atoms with van der Waals surface area (Å²) in [5, 5.41) is -1.42. The van der Waals surface area contributed by atoms with Crippen LogP contribution in [0.2, 0.25) is 0 Å². The molecule has 0 saturated heterocycles. The Hall–Kier alpha value is -0.181. The zero-order valence-corrected chi connectivity index (χ0v) is 18.4. The van der Waals surface area contributed by atoms with Gasteiger partial charge < -0.3 is 0 Å². The second kappa shape index (κ2) is 9.50. The minimum absolute atomic E-state index is 0.458. The Bertz CT molecular complexity index is 549. The van der Waals surface area contributed by atoms with Crippen molar-refractivity contribution in [1.29, 1.82) is 0 Å². The normalized spacial score (nSPS) is 16.8. The van der Waals surface area contributed by atoms with Crippen LogP contribution in [0.15, 0.2) is 47.0 Å². The summed E-state index contributed by atoms with van der Waals surface area (Å²) in [7, 11) is 0. The Kier molecular flexibility index (Phi) is 7.97. The first-order chi connectivity index (χ1) is 11.5. The summed E-state index contributed by atoms with van der Waals surface area (Å²) in [5.74, 6) is 2.14. The Morgan fingerprint density at radius 2 is 1.88 bits per heavy atom. The summed E-state index contributed by atoms with van der Waals surface area (Å²) in [6, 6.07) is 4.04. The SMILES string of the molecule is CC[N+](CC)(CC)[Se][P+]([S-])(CCC1=CC=C[O+]1)CCc1ccco1. The van der Waals surface area contributed by atoms with Crippen LogP contribution in [0.4, 0.5) is 0 Å². The topological polar surface area (TPSA) is 24.4 Å². The van der Waals surface area contributed by atoms with Crippen LogP contribution in [0.1, 0.15) is 33.0 Å². The Morgan fingerprint density at radius 1 is 1.17 bits per heavy atom. The average molecular weight is 433 g/mol. The molecule has 6 heteroatoms. The maximum absolute atomic E-state index is 6.33. The van der Waals surface area contributed by atoms with E-state index in [9.17, 15) is 0 Å². The van der Waals surface area contributed by atoms with Crippen LogP contribution in [-0.4, -0.2) is 50.2 Å². The molecule has 1 unspecified atom stereocenters. The molecule has 1 aliphatic rings. The fraction of sp³-hybridized carbons (Fsp3) is 0.556. The van der Waals surface area contributed by atoms with Gasteiger partial charge in [0, 0.05) is 0 Å². The van der Waals surface area contributed by atoms with Crippen molar-refractivity contribution in [1.82, 2.24) is 0 Å². The van der Waals surface area contributed by atoms with Crippen LogP contribution in [0.3, 0.4) is 0 Å². The molecule has 3 nitrogen and oxygen atoms in total. The number of allylic oxidation sites excluding steroid dienone is 3. The molecule has 0 N–H and O–H groups in total. The molecule has 24 heavy (non-hydrogen) atoms. The second-order valence-corrected chi connectivity index (χ2v) is 19.4. The third kappa shape index (κ3) is 5.68. The molecule has 0 bridgehead atoms. The molecule has 1 atom stereocenters. The number of ether oxygens (including phenoxy) is 1. The first kappa shape index (κ1) is 20.1. The number of aryl methyl sites for hydroxylation is 1. The number of hydrogen-bond acceptors (Lipinski definition) is 3. The Morgan fingerprint density at radius 3 is 2.42 bits per heavy atom. The van der Waals surface area contributed by atoms with Crippen molar-refractivity contribution in [3.8, 4) is 0 Å². The maximum atomic E-state index is 6.33. The molecule has 1 aromatic heterocycles. The van der Waals surface area contributed by atoms with Crippen LogP contribution in [0.25, 0.3) is 0 Å². The number of nitrogens with zero attached hydrogens (tertiary/aromatic N) is 1. The van der Waals surface area contributed by atoms with E-state index in [1.54, 1.807) is 12.5 Å². The number of hydrogen-bond donors (Lipinski definition) is 0. The van der Waals surface area contributed by atoms with Gasteiger partial charge in [-0.2, -0.15) is 0 Å².